The van der Waals surface area contributed by atoms with E-state index in [1.165, 1.54) is 0 Å². The number of carbonyl (C=O) groups is 1. The van der Waals surface area contributed by atoms with Gasteiger partial charge in [0.25, 0.3) is 0 Å². The van der Waals surface area contributed by atoms with Gasteiger partial charge in [0, 0.05) is 3.57 Å². The Morgan fingerprint density at radius 2 is 1.94 bits per heavy atom. The minimum absolute atomic E-state index is 0.223. The van der Waals surface area contributed by atoms with Gasteiger partial charge in [-0.3, -0.25) is 5.32 Å². The van der Waals surface area contributed by atoms with Crippen LogP contribution in [0.2, 0.25) is 0 Å². The monoisotopic (exact) mass is 361 g/mol. The minimum atomic E-state index is -0.768. The van der Waals surface area contributed by atoms with Crippen molar-refractivity contribution >= 4 is 28.6 Å². The summed E-state index contributed by atoms with van der Waals surface area (Å²) in [5, 5.41) is 3.29. The third kappa shape index (κ3) is 3.68. The standard InChI is InChI=1S/C14H20INO2/c1-4-10-16-14(3,13(17)18-5-2)11-6-8-12(15)9-7-11/h6-9,16H,4-5,10H2,1-3H3. The molecule has 1 unspecified atom stereocenters. The number of rotatable bonds is 6. The number of hydrogen-bond donors (Lipinski definition) is 1. The van der Waals surface area contributed by atoms with Gasteiger partial charge in [0.2, 0.25) is 0 Å². The lowest BCUT2D eigenvalue weighted by Crippen LogP contribution is -2.48. The van der Waals surface area contributed by atoms with Gasteiger partial charge in [0.15, 0.2) is 0 Å². The molecule has 0 spiro atoms. The van der Waals surface area contributed by atoms with Gasteiger partial charge in [-0.05, 0) is 67.1 Å². The molecule has 0 aliphatic rings. The van der Waals surface area contributed by atoms with Crippen LogP contribution >= 0.6 is 22.6 Å². The van der Waals surface area contributed by atoms with E-state index in [2.05, 4.69) is 34.8 Å². The average Bonchev–Trinajstić information content (AvgIpc) is 2.37. The number of hydrogen-bond acceptors (Lipinski definition) is 3. The first-order valence-corrected chi connectivity index (χ1v) is 7.30. The number of esters is 1. The lowest BCUT2D eigenvalue weighted by molar-refractivity contribution is -0.151. The number of benzene rings is 1. The van der Waals surface area contributed by atoms with Gasteiger partial charge in [-0.2, -0.15) is 0 Å². The van der Waals surface area contributed by atoms with Crippen molar-refractivity contribution in [2.45, 2.75) is 32.7 Å². The van der Waals surface area contributed by atoms with Crippen molar-refractivity contribution in [3.63, 3.8) is 0 Å². The highest BCUT2D eigenvalue weighted by Crippen LogP contribution is 2.23. The maximum atomic E-state index is 12.2. The molecule has 18 heavy (non-hydrogen) atoms. The largest absolute Gasteiger partial charge is 0.464 e. The molecule has 0 heterocycles. The van der Waals surface area contributed by atoms with Gasteiger partial charge in [-0.1, -0.05) is 19.1 Å². The molecule has 0 aliphatic carbocycles. The van der Waals surface area contributed by atoms with Gasteiger partial charge in [-0.15, -0.1) is 0 Å². The van der Waals surface area contributed by atoms with Crippen LogP contribution in [-0.2, 0) is 15.1 Å². The highest BCUT2D eigenvalue weighted by molar-refractivity contribution is 14.1. The molecule has 1 N–H and O–H groups in total. The van der Waals surface area contributed by atoms with Crippen LogP contribution in [0.1, 0.15) is 32.8 Å². The zero-order chi connectivity index (χ0) is 13.6. The molecule has 0 saturated heterocycles. The first-order chi connectivity index (χ1) is 8.54. The Balaban J connectivity index is 3.02. The second kappa shape index (κ2) is 7.09. The zero-order valence-corrected chi connectivity index (χ0v) is 13.3. The summed E-state index contributed by atoms with van der Waals surface area (Å²) in [5.74, 6) is -0.223. The lowest BCUT2D eigenvalue weighted by Gasteiger charge is -2.29. The molecule has 100 valence electrons. The molecule has 0 amide bonds. The molecule has 0 bridgehead atoms. The molecule has 0 radical (unpaired) electrons. The molecular formula is C14H20INO2. The van der Waals surface area contributed by atoms with E-state index < -0.39 is 5.54 Å². The van der Waals surface area contributed by atoms with Crippen molar-refractivity contribution in [1.29, 1.82) is 0 Å². The van der Waals surface area contributed by atoms with E-state index in [1.807, 2.05) is 38.1 Å². The lowest BCUT2D eigenvalue weighted by atomic mass is 9.92. The number of carbonyl (C=O) groups excluding carboxylic acids is 1. The Hall–Kier alpha value is -0.620. The summed E-state index contributed by atoms with van der Waals surface area (Å²) in [6, 6.07) is 7.95. The number of ether oxygens (including phenoxy) is 1. The molecule has 3 nitrogen and oxygen atoms in total. The van der Waals surface area contributed by atoms with Crippen molar-refractivity contribution in [1.82, 2.24) is 5.32 Å². The summed E-state index contributed by atoms with van der Waals surface area (Å²) in [5.41, 5.74) is 0.172. The molecule has 0 fully saturated rings. The summed E-state index contributed by atoms with van der Waals surface area (Å²) in [6.07, 6.45) is 0.972. The van der Waals surface area contributed by atoms with Crippen LogP contribution in [0.4, 0.5) is 0 Å². The molecule has 1 rings (SSSR count). The van der Waals surface area contributed by atoms with Crippen LogP contribution < -0.4 is 5.32 Å². The van der Waals surface area contributed by atoms with Crippen molar-refractivity contribution in [3.05, 3.63) is 33.4 Å². The van der Waals surface area contributed by atoms with Crippen LogP contribution in [0.25, 0.3) is 0 Å². The minimum Gasteiger partial charge on any atom is -0.464 e. The second-order valence-electron chi connectivity index (χ2n) is 4.28. The van der Waals surface area contributed by atoms with E-state index in [0.717, 1.165) is 22.1 Å². The van der Waals surface area contributed by atoms with Crippen LogP contribution in [0.15, 0.2) is 24.3 Å². The SMILES string of the molecule is CCCNC(C)(C(=O)OCC)c1ccc(I)cc1. The Morgan fingerprint density at radius 3 is 2.44 bits per heavy atom. The number of halogens is 1. The first kappa shape index (κ1) is 15.4. The molecule has 4 heteroatoms. The van der Waals surface area contributed by atoms with E-state index in [-0.39, 0.29) is 5.97 Å². The maximum absolute atomic E-state index is 12.2. The van der Waals surface area contributed by atoms with Gasteiger partial charge < -0.3 is 4.74 Å². The molecular weight excluding hydrogens is 341 g/mol. The van der Waals surface area contributed by atoms with Gasteiger partial charge in [-0.25, -0.2) is 4.79 Å². The fraction of sp³-hybridized carbons (Fsp3) is 0.500. The van der Waals surface area contributed by atoms with E-state index in [1.54, 1.807) is 0 Å². The van der Waals surface area contributed by atoms with Crippen LogP contribution in [-0.4, -0.2) is 19.1 Å². The first-order valence-electron chi connectivity index (χ1n) is 6.23. The molecule has 0 aliphatic heterocycles. The second-order valence-corrected chi connectivity index (χ2v) is 5.52. The van der Waals surface area contributed by atoms with E-state index in [9.17, 15) is 4.79 Å². The molecule has 0 aromatic heterocycles. The Kier molecular flexibility index (Phi) is 6.08. The summed E-state index contributed by atoms with van der Waals surface area (Å²) in [6.45, 7) is 6.95. The fourth-order valence-corrected chi connectivity index (χ4v) is 2.09. The molecule has 0 saturated carbocycles. The van der Waals surface area contributed by atoms with E-state index in [0.29, 0.717) is 6.61 Å². The maximum Gasteiger partial charge on any atom is 0.330 e. The predicted octanol–water partition coefficient (Wildman–Crippen LogP) is 3.07. The molecule has 1 aromatic rings. The Morgan fingerprint density at radius 1 is 1.33 bits per heavy atom. The molecule has 1 aromatic carbocycles. The zero-order valence-electron chi connectivity index (χ0n) is 11.1. The van der Waals surface area contributed by atoms with Crippen molar-refractivity contribution in [3.8, 4) is 0 Å². The van der Waals surface area contributed by atoms with Crippen LogP contribution in [0.3, 0.4) is 0 Å². The molecule has 1 atom stereocenters. The summed E-state index contributed by atoms with van der Waals surface area (Å²) in [4.78, 5) is 12.2. The van der Waals surface area contributed by atoms with Gasteiger partial charge >= 0.3 is 5.97 Å². The third-order valence-electron chi connectivity index (χ3n) is 2.83. The number of nitrogens with one attached hydrogen (secondary N) is 1. The summed E-state index contributed by atoms with van der Waals surface area (Å²) in [7, 11) is 0. The van der Waals surface area contributed by atoms with E-state index >= 15 is 0 Å². The van der Waals surface area contributed by atoms with Crippen molar-refractivity contribution in [2.24, 2.45) is 0 Å². The van der Waals surface area contributed by atoms with Crippen molar-refractivity contribution < 1.29 is 9.53 Å². The Labute approximate surface area is 122 Å². The van der Waals surface area contributed by atoms with Crippen LogP contribution in [0, 0.1) is 3.57 Å². The smallest absolute Gasteiger partial charge is 0.330 e. The van der Waals surface area contributed by atoms with Crippen molar-refractivity contribution in [2.75, 3.05) is 13.2 Å². The quantitative estimate of drug-likeness (QED) is 0.625. The predicted molar refractivity (Wildman–Crippen MR) is 81.4 cm³/mol. The fourth-order valence-electron chi connectivity index (χ4n) is 1.73. The summed E-state index contributed by atoms with van der Waals surface area (Å²) < 4.78 is 6.34. The highest BCUT2D eigenvalue weighted by Gasteiger charge is 2.35. The summed E-state index contributed by atoms with van der Waals surface area (Å²) >= 11 is 2.25. The van der Waals surface area contributed by atoms with Gasteiger partial charge in [0.05, 0.1) is 6.61 Å². The topological polar surface area (TPSA) is 38.3 Å². The highest BCUT2D eigenvalue weighted by atomic mass is 127. The Bertz CT molecular complexity index is 391. The van der Waals surface area contributed by atoms with E-state index in [4.69, 9.17) is 4.74 Å². The third-order valence-corrected chi connectivity index (χ3v) is 3.55. The van der Waals surface area contributed by atoms with Crippen LogP contribution in [0.5, 0.6) is 0 Å². The van der Waals surface area contributed by atoms with Gasteiger partial charge in [0.1, 0.15) is 5.54 Å². The normalized spacial score (nSPS) is 14.0. The average molecular weight is 361 g/mol.